The third kappa shape index (κ3) is 2.98. The number of hydrogen-bond acceptors (Lipinski definition) is 2. The molecule has 0 saturated heterocycles. The molecule has 1 aliphatic rings. The van der Waals surface area contributed by atoms with Gasteiger partial charge >= 0.3 is 0 Å². The quantitative estimate of drug-likeness (QED) is 0.865. The Hall–Kier alpha value is -2.29. The normalized spacial score (nSPS) is 13.6. The van der Waals surface area contributed by atoms with E-state index in [-0.39, 0.29) is 12.5 Å². The minimum absolute atomic E-state index is 0.0213. The van der Waals surface area contributed by atoms with E-state index in [1.807, 2.05) is 36.1 Å². The number of para-hydroxylation sites is 1. The van der Waals surface area contributed by atoms with Crippen molar-refractivity contribution < 1.29 is 9.53 Å². The number of benzene rings is 2. The molecule has 3 heteroatoms. The van der Waals surface area contributed by atoms with E-state index in [1.54, 1.807) is 0 Å². The monoisotopic (exact) mass is 295 g/mol. The van der Waals surface area contributed by atoms with Crippen molar-refractivity contribution in [2.45, 2.75) is 26.7 Å². The summed E-state index contributed by atoms with van der Waals surface area (Å²) in [5.41, 5.74) is 4.58. The van der Waals surface area contributed by atoms with Crippen LogP contribution in [-0.2, 0) is 11.2 Å². The molecule has 2 aromatic rings. The third-order valence-corrected chi connectivity index (χ3v) is 4.10. The SMILES string of the molecule is Cc1ccc2c(c1)CCCN2C(=O)COc1ccccc1C. The van der Waals surface area contributed by atoms with E-state index in [1.165, 1.54) is 11.1 Å². The van der Waals surface area contributed by atoms with E-state index < -0.39 is 0 Å². The van der Waals surface area contributed by atoms with Gasteiger partial charge < -0.3 is 9.64 Å². The van der Waals surface area contributed by atoms with Crippen LogP contribution in [0.4, 0.5) is 5.69 Å². The van der Waals surface area contributed by atoms with Gasteiger partial charge in [0.2, 0.25) is 0 Å². The fourth-order valence-electron chi connectivity index (χ4n) is 2.92. The summed E-state index contributed by atoms with van der Waals surface area (Å²) in [6.07, 6.45) is 2.05. The van der Waals surface area contributed by atoms with Crippen molar-refractivity contribution in [3.63, 3.8) is 0 Å². The van der Waals surface area contributed by atoms with Gasteiger partial charge in [0.15, 0.2) is 6.61 Å². The lowest BCUT2D eigenvalue weighted by Crippen LogP contribution is -2.38. The van der Waals surface area contributed by atoms with Gasteiger partial charge in [-0.05, 0) is 49.9 Å². The molecule has 0 saturated carbocycles. The van der Waals surface area contributed by atoms with E-state index in [4.69, 9.17) is 4.74 Å². The highest BCUT2D eigenvalue weighted by Gasteiger charge is 2.22. The van der Waals surface area contributed by atoms with Gasteiger partial charge in [-0.25, -0.2) is 0 Å². The Morgan fingerprint density at radius 1 is 1.18 bits per heavy atom. The van der Waals surface area contributed by atoms with Crippen LogP contribution in [0.3, 0.4) is 0 Å². The van der Waals surface area contributed by atoms with Gasteiger partial charge in [0.1, 0.15) is 5.75 Å². The third-order valence-electron chi connectivity index (χ3n) is 4.10. The number of ether oxygens (including phenoxy) is 1. The van der Waals surface area contributed by atoms with E-state index in [2.05, 4.69) is 25.1 Å². The largest absolute Gasteiger partial charge is 0.483 e. The molecule has 22 heavy (non-hydrogen) atoms. The minimum Gasteiger partial charge on any atom is -0.483 e. The fraction of sp³-hybridized carbons (Fsp3) is 0.316. The summed E-state index contributed by atoms with van der Waals surface area (Å²) in [4.78, 5) is 14.4. The summed E-state index contributed by atoms with van der Waals surface area (Å²) in [5, 5.41) is 0. The molecule has 0 spiro atoms. The van der Waals surface area contributed by atoms with Crippen LogP contribution < -0.4 is 9.64 Å². The van der Waals surface area contributed by atoms with E-state index in [0.29, 0.717) is 0 Å². The lowest BCUT2D eigenvalue weighted by Gasteiger charge is -2.29. The number of nitrogens with zero attached hydrogens (tertiary/aromatic N) is 1. The molecule has 0 aromatic heterocycles. The summed E-state index contributed by atoms with van der Waals surface area (Å²) in [7, 11) is 0. The van der Waals surface area contributed by atoms with Crippen molar-refractivity contribution in [1.82, 2.24) is 0 Å². The van der Waals surface area contributed by atoms with Crippen LogP contribution in [0, 0.1) is 13.8 Å². The molecule has 0 atom stereocenters. The maximum atomic E-state index is 12.5. The number of rotatable bonds is 3. The van der Waals surface area contributed by atoms with E-state index in [0.717, 1.165) is 36.4 Å². The molecule has 2 aromatic carbocycles. The van der Waals surface area contributed by atoms with Gasteiger partial charge in [0, 0.05) is 12.2 Å². The lowest BCUT2D eigenvalue weighted by atomic mass is 9.99. The minimum atomic E-state index is 0.0213. The number of carbonyl (C=O) groups is 1. The first-order valence-electron chi connectivity index (χ1n) is 7.73. The molecule has 0 bridgehead atoms. The van der Waals surface area contributed by atoms with Gasteiger partial charge in [-0.2, -0.15) is 0 Å². The van der Waals surface area contributed by atoms with Crippen LogP contribution >= 0.6 is 0 Å². The van der Waals surface area contributed by atoms with Gasteiger partial charge in [-0.1, -0.05) is 35.9 Å². The van der Waals surface area contributed by atoms with Gasteiger partial charge in [-0.15, -0.1) is 0 Å². The highest BCUT2D eigenvalue weighted by Crippen LogP contribution is 2.28. The van der Waals surface area contributed by atoms with Crippen molar-refractivity contribution in [3.8, 4) is 5.75 Å². The molecule has 0 fully saturated rings. The van der Waals surface area contributed by atoms with Crippen molar-refractivity contribution in [2.75, 3.05) is 18.1 Å². The summed E-state index contributed by atoms with van der Waals surface area (Å²) in [5.74, 6) is 0.796. The number of carbonyl (C=O) groups excluding carboxylic acids is 1. The Kier molecular flexibility index (Phi) is 4.14. The molecule has 1 amide bonds. The Bertz CT molecular complexity index is 694. The Labute approximate surface area is 131 Å². The van der Waals surface area contributed by atoms with Crippen molar-refractivity contribution >= 4 is 11.6 Å². The fourth-order valence-corrected chi connectivity index (χ4v) is 2.92. The maximum absolute atomic E-state index is 12.5. The van der Waals surface area contributed by atoms with Crippen LogP contribution in [-0.4, -0.2) is 19.1 Å². The standard InChI is InChI=1S/C19H21NO2/c1-14-9-10-17-16(12-14)7-5-11-20(17)19(21)13-22-18-8-4-3-6-15(18)2/h3-4,6,8-10,12H,5,7,11,13H2,1-2H3. The molecule has 0 aliphatic carbocycles. The second-order valence-electron chi connectivity index (χ2n) is 5.84. The summed E-state index contributed by atoms with van der Waals surface area (Å²) in [6.45, 7) is 4.92. The van der Waals surface area contributed by atoms with E-state index in [9.17, 15) is 4.79 Å². The Balaban J connectivity index is 1.73. The van der Waals surface area contributed by atoms with Crippen LogP contribution in [0.25, 0.3) is 0 Å². The molecule has 1 aliphatic heterocycles. The molecule has 0 N–H and O–H groups in total. The summed E-state index contributed by atoms with van der Waals surface area (Å²) in [6, 6.07) is 14.1. The maximum Gasteiger partial charge on any atom is 0.264 e. The Morgan fingerprint density at radius 3 is 2.82 bits per heavy atom. The topological polar surface area (TPSA) is 29.5 Å². The average molecular weight is 295 g/mol. The summed E-state index contributed by atoms with van der Waals surface area (Å²) < 4.78 is 5.70. The van der Waals surface area contributed by atoms with Crippen molar-refractivity contribution in [1.29, 1.82) is 0 Å². The van der Waals surface area contributed by atoms with Crippen LogP contribution in [0.2, 0.25) is 0 Å². The zero-order valence-electron chi connectivity index (χ0n) is 13.1. The van der Waals surface area contributed by atoms with Gasteiger partial charge in [-0.3, -0.25) is 4.79 Å². The molecule has 0 radical (unpaired) electrons. The number of amides is 1. The second-order valence-corrected chi connectivity index (χ2v) is 5.84. The van der Waals surface area contributed by atoms with Gasteiger partial charge in [0.25, 0.3) is 5.91 Å². The summed E-state index contributed by atoms with van der Waals surface area (Å²) >= 11 is 0. The average Bonchev–Trinajstić information content (AvgIpc) is 2.53. The van der Waals surface area contributed by atoms with Crippen molar-refractivity contribution in [3.05, 3.63) is 59.2 Å². The first-order valence-corrected chi connectivity index (χ1v) is 7.73. The highest BCUT2D eigenvalue weighted by atomic mass is 16.5. The molecule has 114 valence electrons. The van der Waals surface area contributed by atoms with Gasteiger partial charge in [0.05, 0.1) is 0 Å². The van der Waals surface area contributed by atoms with Crippen LogP contribution in [0.1, 0.15) is 23.1 Å². The predicted octanol–water partition coefficient (Wildman–Crippen LogP) is 3.66. The molecule has 1 heterocycles. The molecular formula is C19H21NO2. The first kappa shape index (κ1) is 14.6. The Morgan fingerprint density at radius 2 is 2.00 bits per heavy atom. The molecule has 3 nitrogen and oxygen atoms in total. The van der Waals surface area contributed by atoms with Crippen LogP contribution in [0.5, 0.6) is 5.75 Å². The second kappa shape index (κ2) is 6.22. The smallest absolute Gasteiger partial charge is 0.264 e. The van der Waals surface area contributed by atoms with E-state index >= 15 is 0 Å². The number of anilines is 1. The zero-order chi connectivity index (χ0) is 15.5. The number of fused-ring (bicyclic) bond motifs is 1. The lowest BCUT2D eigenvalue weighted by molar-refractivity contribution is -0.120. The first-order chi connectivity index (χ1) is 10.6. The number of aryl methyl sites for hydroxylation is 3. The number of hydrogen-bond donors (Lipinski definition) is 0. The van der Waals surface area contributed by atoms with Crippen LogP contribution in [0.15, 0.2) is 42.5 Å². The molecule has 3 rings (SSSR count). The van der Waals surface area contributed by atoms with Crippen molar-refractivity contribution in [2.24, 2.45) is 0 Å². The zero-order valence-corrected chi connectivity index (χ0v) is 13.1. The molecule has 0 unspecified atom stereocenters. The predicted molar refractivity (Wildman–Crippen MR) is 88.5 cm³/mol. The highest BCUT2D eigenvalue weighted by molar-refractivity contribution is 5.95. The molecular weight excluding hydrogens is 274 g/mol.